The van der Waals surface area contributed by atoms with E-state index < -0.39 is 0 Å². The molecule has 3 rings (SSSR count). The fourth-order valence-corrected chi connectivity index (χ4v) is 3.03. The molecule has 120 valence electrons. The molecule has 0 aliphatic heterocycles. The Morgan fingerprint density at radius 3 is 2.91 bits per heavy atom. The molecule has 2 heterocycles. The van der Waals surface area contributed by atoms with E-state index in [2.05, 4.69) is 10.4 Å². The third kappa shape index (κ3) is 3.72. The second-order valence-electron chi connectivity index (χ2n) is 5.04. The molecule has 1 aromatic carbocycles. The molecule has 0 aliphatic carbocycles. The van der Waals surface area contributed by atoms with Crippen LogP contribution in [0.3, 0.4) is 0 Å². The molecule has 0 bridgehead atoms. The number of aromatic nitrogens is 2. The highest BCUT2D eigenvalue weighted by Gasteiger charge is 2.10. The lowest BCUT2D eigenvalue weighted by molar-refractivity contribution is 0.270. The maximum Gasteiger partial charge on any atom is 0.125 e. The highest BCUT2D eigenvalue weighted by atomic mass is 32.1. The summed E-state index contributed by atoms with van der Waals surface area (Å²) in [5, 5.41) is 19.2. The summed E-state index contributed by atoms with van der Waals surface area (Å²) in [6, 6.07) is 14.0. The summed E-state index contributed by atoms with van der Waals surface area (Å²) in [6.07, 6.45) is 0. The van der Waals surface area contributed by atoms with E-state index in [0.29, 0.717) is 13.1 Å². The van der Waals surface area contributed by atoms with Crippen LogP contribution in [0.2, 0.25) is 0 Å². The van der Waals surface area contributed by atoms with Crippen molar-refractivity contribution in [3.63, 3.8) is 0 Å². The average Bonchev–Trinajstić information content (AvgIpc) is 3.23. The predicted octanol–water partition coefficient (Wildman–Crippen LogP) is 3.22. The smallest absolute Gasteiger partial charge is 0.125 e. The molecule has 6 heteroatoms. The number of hydrogen-bond acceptors (Lipinski definition) is 5. The number of ether oxygens (including phenoxy) is 1. The van der Waals surface area contributed by atoms with E-state index in [1.165, 1.54) is 0 Å². The highest BCUT2D eigenvalue weighted by molar-refractivity contribution is 7.13. The van der Waals surface area contributed by atoms with Gasteiger partial charge in [0.15, 0.2) is 0 Å². The zero-order valence-corrected chi connectivity index (χ0v) is 13.7. The summed E-state index contributed by atoms with van der Waals surface area (Å²) in [5.74, 6) is 1.73. The van der Waals surface area contributed by atoms with E-state index in [0.717, 1.165) is 27.7 Å². The largest absolute Gasteiger partial charge is 0.497 e. The number of benzene rings is 1. The van der Waals surface area contributed by atoms with Gasteiger partial charge in [-0.3, -0.25) is 0 Å². The van der Waals surface area contributed by atoms with Gasteiger partial charge in [0, 0.05) is 12.6 Å². The normalized spacial score (nSPS) is 10.7. The Kier molecular flexibility index (Phi) is 4.95. The van der Waals surface area contributed by atoms with Gasteiger partial charge in [0.1, 0.15) is 17.3 Å². The zero-order valence-electron chi connectivity index (χ0n) is 12.9. The van der Waals surface area contributed by atoms with Gasteiger partial charge in [-0.2, -0.15) is 5.10 Å². The van der Waals surface area contributed by atoms with Crippen LogP contribution in [0.15, 0.2) is 47.8 Å². The number of methoxy groups -OCH3 is 1. The van der Waals surface area contributed by atoms with Crippen LogP contribution in [0.1, 0.15) is 5.56 Å². The molecule has 0 spiro atoms. The van der Waals surface area contributed by atoms with Crippen LogP contribution in [0.4, 0.5) is 5.82 Å². The molecule has 0 fully saturated rings. The van der Waals surface area contributed by atoms with E-state index in [1.54, 1.807) is 23.1 Å². The number of aliphatic hydroxyl groups is 1. The first-order chi connectivity index (χ1) is 11.3. The van der Waals surface area contributed by atoms with Crippen molar-refractivity contribution in [2.75, 3.05) is 19.0 Å². The number of thiophene rings is 1. The summed E-state index contributed by atoms with van der Waals surface area (Å²) < 4.78 is 7.05. The van der Waals surface area contributed by atoms with Gasteiger partial charge in [-0.25, -0.2) is 4.68 Å². The Morgan fingerprint density at radius 1 is 1.26 bits per heavy atom. The average molecular weight is 329 g/mol. The Balaban J connectivity index is 1.78. The molecule has 0 amide bonds. The van der Waals surface area contributed by atoms with E-state index in [4.69, 9.17) is 4.74 Å². The molecule has 0 saturated carbocycles. The van der Waals surface area contributed by atoms with E-state index in [9.17, 15) is 5.11 Å². The number of nitrogens with one attached hydrogen (secondary N) is 1. The first kappa shape index (κ1) is 15.6. The third-order valence-corrected chi connectivity index (χ3v) is 4.37. The minimum atomic E-state index is 0.0550. The molecule has 0 saturated heterocycles. The first-order valence-corrected chi connectivity index (χ1v) is 8.27. The third-order valence-electron chi connectivity index (χ3n) is 3.47. The fraction of sp³-hybridized carbons (Fsp3) is 0.235. The van der Waals surface area contributed by atoms with Gasteiger partial charge in [0.25, 0.3) is 0 Å². The minimum absolute atomic E-state index is 0.0550. The fourth-order valence-electron chi connectivity index (χ4n) is 2.34. The molecule has 0 unspecified atom stereocenters. The van der Waals surface area contributed by atoms with Crippen molar-refractivity contribution >= 4 is 17.2 Å². The van der Waals surface area contributed by atoms with Gasteiger partial charge >= 0.3 is 0 Å². The van der Waals surface area contributed by atoms with E-state index in [1.807, 2.05) is 47.8 Å². The molecule has 2 N–H and O–H groups in total. The van der Waals surface area contributed by atoms with Gasteiger partial charge < -0.3 is 15.2 Å². The van der Waals surface area contributed by atoms with Crippen LogP contribution >= 0.6 is 11.3 Å². The molecule has 5 nitrogen and oxygen atoms in total. The zero-order chi connectivity index (χ0) is 16.1. The standard InChI is InChI=1S/C17H19N3O2S/c1-22-14-5-2-4-13(10-14)12-18-17-11-15(16-6-3-9-23-16)19-20(17)7-8-21/h2-6,9-11,18,21H,7-8,12H2,1H3. The van der Waals surface area contributed by atoms with Crippen molar-refractivity contribution in [2.24, 2.45) is 0 Å². The quantitative estimate of drug-likeness (QED) is 0.699. The summed E-state index contributed by atoms with van der Waals surface area (Å²) >= 11 is 1.65. The van der Waals surface area contributed by atoms with Crippen molar-refractivity contribution < 1.29 is 9.84 Å². The maximum atomic E-state index is 9.23. The van der Waals surface area contributed by atoms with Crippen molar-refractivity contribution in [3.05, 3.63) is 53.4 Å². The molecular formula is C17H19N3O2S. The first-order valence-electron chi connectivity index (χ1n) is 7.39. The van der Waals surface area contributed by atoms with Crippen LogP contribution in [0, 0.1) is 0 Å². The highest BCUT2D eigenvalue weighted by Crippen LogP contribution is 2.26. The van der Waals surface area contributed by atoms with Gasteiger partial charge in [0.2, 0.25) is 0 Å². The van der Waals surface area contributed by atoms with Crippen LogP contribution in [0.5, 0.6) is 5.75 Å². The molecular weight excluding hydrogens is 310 g/mol. The van der Waals surface area contributed by atoms with Crippen LogP contribution in [-0.4, -0.2) is 28.6 Å². The van der Waals surface area contributed by atoms with Crippen molar-refractivity contribution in [2.45, 2.75) is 13.1 Å². The van der Waals surface area contributed by atoms with Crippen LogP contribution < -0.4 is 10.1 Å². The lowest BCUT2D eigenvalue weighted by Crippen LogP contribution is -2.10. The van der Waals surface area contributed by atoms with E-state index >= 15 is 0 Å². The molecule has 23 heavy (non-hydrogen) atoms. The maximum absolute atomic E-state index is 9.23. The molecule has 0 aliphatic rings. The van der Waals surface area contributed by atoms with Crippen LogP contribution in [-0.2, 0) is 13.1 Å². The van der Waals surface area contributed by atoms with Crippen LogP contribution in [0.25, 0.3) is 10.6 Å². The monoisotopic (exact) mass is 329 g/mol. The van der Waals surface area contributed by atoms with E-state index in [-0.39, 0.29) is 6.61 Å². The molecule has 2 aromatic heterocycles. The molecule has 0 radical (unpaired) electrons. The van der Waals surface area contributed by atoms with Crippen molar-refractivity contribution in [1.82, 2.24) is 9.78 Å². The SMILES string of the molecule is COc1cccc(CNc2cc(-c3cccs3)nn2CCO)c1. The lowest BCUT2D eigenvalue weighted by atomic mass is 10.2. The van der Waals surface area contributed by atoms with Gasteiger partial charge in [-0.05, 0) is 29.1 Å². The van der Waals surface area contributed by atoms with Gasteiger partial charge in [-0.1, -0.05) is 18.2 Å². The topological polar surface area (TPSA) is 59.3 Å². The van der Waals surface area contributed by atoms with Gasteiger partial charge in [0.05, 0.1) is 25.1 Å². The number of nitrogens with zero attached hydrogens (tertiary/aromatic N) is 2. The Morgan fingerprint density at radius 2 is 2.17 bits per heavy atom. The second kappa shape index (κ2) is 7.30. The number of anilines is 1. The Hall–Kier alpha value is -2.31. The summed E-state index contributed by atoms with van der Waals surface area (Å²) in [4.78, 5) is 1.12. The summed E-state index contributed by atoms with van der Waals surface area (Å²) in [5.41, 5.74) is 2.04. The number of aliphatic hydroxyl groups excluding tert-OH is 1. The number of rotatable bonds is 7. The molecule has 3 aromatic rings. The molecule has 0 atom stereocenters. The summed E-state index contributed by atoms with van der Waals surface area (Å²) in [6.45, 7) is 1.18. The van der Waals surface area contributed by atoms with Gasteiger partial charge in [-0.15, -0.1) is 11.3 Å². The predicted molar refractivity (Wildman–Crippen MR) is 92.9 cm³/mol. The van der Waals surface area contributed by atoms with Crippen molar-refractivity contribution in [1.29, 1.82) is 0 Å². The summed E-state index contributed by atoms with van der Waals surface area (Å²) in [7, 11) is 1.66. The van der Waals surface area contributed by atoms with Crippen molar-refractivity contribution in [3.8, 4) is 16.3 Å². The lowest BCUT2D eigenvalue weighted by Gasteiger charge is -2.09. The minimum Gasteiger partial charge on any atom is -0.497 e. The Labute approximate surface area is 139 Å². The number of hydrogen-bond donors (Lipinski definition) is 2. The second-order valence-corrected chi connectivity index (χ2v) is 5.99. The Bertz CT molecular complexity index is 753.